The minimum Gasteiger partial charge on any atom is -0.490 e. The molecule has 272 valence electrons. The molecule has 2 heterocycles. The molecule has 4 aliphatic rings. The van der Waals surface area contributed by atoms with Crippen LogP contribution in [0.3, 0.4) is 0 Å². The number of fused-ring (bicyclic) bond motifs is 4. The molecule has 1 saturated carbocycles. The molecule has 0 radical (unpaired) electrons. The van der Waals surface area contributed by atoms with Crippen molar-refractivity contribution in [2.24, 2.45) is 11.8 Å². The Kier molecular flexibility index (Phi) is 10.3. The fraction of sp³-hybridized carbons (Fsp3) is 0.600. The molecule has 50 heavy (non-hydrogen) atoms. The molecule has 0 saturated heterocycles. The molecule has 10 heteroatoms. The largest absolute Gasteiger partial charge is 0.490 e. The van der Waals surface area contributed by atoms with Gasteiger partial charge in [-0.2, -0.15) is 0 Å². The van der Waals surface area contributed by atoms with Crippen LogP contribution >= 0.6 is 11.6 Å². The average molecular weight is 723 g/mol. The summed E-state index contributed by atoms with van der Waals surface area (Å²) in [5.74, 6) is -0.170. The van der Waals surface area contributed by atoms with Gasteiger partial charge in [0.2, 0.25) is 5.91 Å². The van der Waals surface area contributed by atoms with Gasteiger partial charge in [0.25, 0.3) is 0 Å². The highest BCUT2D eigenvalue weighted by Crippen LogP contribution is 2.49. The van der Waals surface area contributed by atoms with E-state index in [9.17, 15) is 19.8 Å². The van der Waals surface area contributed by atoms with Crippen LogP contribution in [0, 0.1) is 11.8 Å². The number of carboxylic acid groups (broad SMARTS) is 1. The fourth-order valence-corrected chi connectivity index (χ4v) is 9.75. The van der Waals surface area contributed by atoms with Gasteiger partial charge in [0.1, 0.15) is 11.2 Å². The summed E-state index contributed by atoms with van der Waals surface area (Å²) in [6.45, 7) is 13.2. The number of hydrogen-bond donors (Lipinski definition) is 2. The number of carbonyl (C=O) groups excluding carboxylic acids is 1. The first kappa shape index (κ1) is 36.9. The summed E-state index contributed by atoms with van der Waals surface area (Å²) < 4.78 is 13.9. The van der Waals surface area contributed by atoms with Crippen molar-refractivity contribution >= 4 is 37.5 Å². The summed E-state index contributed by atoms with van der Waals surface area (Å²) in [7, 11) is -0.401. The van der Waals surface area contributed by atoms with Crippen molar-refractivity contribution in [3.63, 3.8) is 0 Å². The average Bonchev–Trinajstić information content (AvgIpc) is 3.19. The number of amides is 1. The lowest BCUT2D eigenvalue weighted by Crippen LogP contribution is -2.52. The Labute approximate surface area is 303 Å². The number of carbonyl (C=O) groups is 2. The Morgan fingerprint density at radius 2 is 1.94 bits per heavy atom. The summed E-state index contributed by atoms with van der Waals surface area (Å²) in [4.78, 5) is 30.7. The quantitative estimate of drug-likeness (QED) is 0.252. The second-order valence-corrected chi connectivity index (χ2v) is 22.1. The number of ether oxygens (including phenoxy) is 1. The lowest BCUT2D eigenvalue weighted by atomic mass is 9.68. The van der Waals surface area contributed by atoms with Gasteiger partial charge in [0.15, 0.2) is 8.32 Å². The van der Waals surface area contributed by atoms with Crippen LogP contribution < -0.4 is 9.64 Å². The molecule has 2 aliphatic carbocycles. The Bertz CT molecular complexity index is 1640. The van der Waals surface area contributed by atoms with Gasteiger partial charge in [-0.05, 0) is 109 Å². The van der Waals surface area contributed by atoms with Crippen LogP contribution in [-0.4, -0.2) is 81.3 Å². The molecular weight excluding hydrogens is 668 g/mol. The van der Waals surface area contributed by atoms with Crippen molar-refractivity contribution in [3.05, 3.63) is 70.3 Å². The topological polar surface area (TPSA) is 99.5 Å². The van der Waals surface area contributed by atoms with Gasteiger partial charge < -0.3 is 29.2 Å². The molecule has 2 aliphatic heterocycles. The van der Waals surface area contributed by atoms with E-state index >= 15 is 0 Å². The van der Waals surface area contributed by atoms with Gasteiger partial charge in [-0.1, -0.05) is 56.7 Å². The summed E-state index contributed by atoms with van der Waals surface area (Å²) >= 11 is 6.49. The molecular formula is C40H55ClN2O6Si. The summed E-state index contributed by atoms with van der Waals surface area (Å²) in [5, 5.41) is 22.2. The Hall–Kier alpha value is -2.85. The van der Waals surface area contributed by atoms with E-state index in [1.54, 1.807) is 18.0 Å². The zero-order chi connectivity index (χ0) is 36.1. The van der Waals surface area contributed by atoms with Crippen LogP contribution in [0.5, 0.6) is 5.75 Å². The number of halogens is 1. The van der Waals surface area contributed by atoms with Crippen molar-refractivity contribution in [1.82, 2.24) is 4.90 Å². The van der Waals surface area contributed by atoms with E-state index < -0.39 is 26.3 Å². The highest BCUT2D eigenvalue weighted by molar-refractivity contribution is 6.74. The predicted molar refractivity (Wildman–Crippen MR) is 201 cm³/mol. The molecule has 2 aromatic rings. The van der Waals surface area contributed by atoms with E-state index in [2.05, 4.69) is 63.0 Å². The molecule has 2 N–H and O–H groups in total. The number of anilines is 1. The second kappa shape index (κ2) is 13.9. The minimum absolute atomic E-state index is 0.0295. The van der Waals surface area contributed by atoms with Crippen LogP contribution in [0.25, 0.3) is 0 Å². The highest BCUT2D eigenvalue weighted by atomic mass is 35.5. The molecule has 1 amide bonds. The van der Waals surface area contributed by atoms with Crippen molar-refractivity contribution in [2.45, 2.75) is 101 Å². The van der Waals surface area contributed by atoms with Crippen molar-refractivity contribution in [1.29, 1.82) is 0 Å². The lowest BCUT2D eigenvalue weighted by Gasteiger charge is -2.48. The molecule has 2 bridgehead atoms. The van der Waals surface area contributed by atoms with Gasteiger partial charge in [0, 0.05) is 43.5 Å². The molecule has 2 aromatic carbocycles. The number of nitrogens with zero attached hydrogens (tertiary/aromatic N) is 2. The molecule has 5 atom stereocenters. The maximum atomic E-state index is 13.6. The van der Waals surface area contributed by atoms with E-state index in [-0.39, 0.29) is 28.9 Å². The number of aryl methyl sites for hydroxylation is 1. The second-order valence-electron chi connectivity index (χ2n) is 16.9. The van der Waals surface area contributed by atoms with Gasteiger partial charge in [-0.3, -0.25) is 9.59 Å². The Morgan fingerprint density at radius 1 is 1.16 bits per heavy atom. The number of benzene rings is 2. The van der Waals surface area contributed by atoms with E-state index in [0.29, 0.717) is 49.3 Å². The molecule has 8 nitrogen and oxygen atoms in total. The monoisotopic (exact) mass is 722 g/mol. The Balaban J connectivity index is 1.47. The third-order valence-electron chi connectivity index (χ3n) is 12.7. The number of rotatable bonds is 4. The smallest absolute Gasteiger partial charge is 0.317 e. The fourth-order valence-electron chi connectivity index (χ4n) is 8.27. The van der Waals surface area contributed by atoms with Gasteiger partial charge >= 0.3 is 5.97 Å². The lowest BCUT2D eigenvalue weighted by molar-refractivity contribution is -0.149. The number of aliphatic hydroxyl groups excluding tert-OH is 1. The third kappa shape index (κ3) is 6.87. The number of hydrogen-bond acceptors (Lipinski definition) is 6. The normalized spacial score (nSPS) is 29.7. The standard InChI is InChI=1S/C40H55ClN2O6Si/c1-38(2,3)50(5,6)49-34-11-7-8-19-42(4)36(45)22-40(25-44,37(46)47)29-13-17-35-33(21-29)43(23-28-12-15-31(28)34)24-39(26-48-35)18-9-10-27-20-30(41)14-16-32(27)39/h7,11,13-14,16-17,20-21,28,31,34,44H,8-10,12,15,18-19,22-26H2,1-6H3,(H,46,47)/b11-7+/t28-,31+,34-,39-,40?/m0/s1. The maximum Gasteiger partial charge on any atom is 0.317 e. The maximum absolute atomic E-state index is 13.6. The van der Waals surface area contributed by atoms with E-state index in [4.69, 9.17) is 20.8 Å². The predicted octanol–water partition coefficient (Wildman–Crippen LogP) is 7.35. The third-order valence-corrected chi connectivity index (χ3v) is 17.4. The molecule has 1 unspecified atom stereocenters. The SMILES string of the molecule is CN1CC/C=C/[C@H](O[Si](C)(C)C(C)(C)C)[C@@H]2CC[C@H]2CN2C[C@@]3(CCCc4cc(Cl)ccc43)COc3ccc(cc32)C(CO)(C(=O)O)CC1=O. The first-order chi connectivity index (χ1) is 23.6. The van der Waals surface area contributed by atoms with E-state index in [0.717, 1.165) is 49.4 Å². The van der Waals surface area contributed by atoms with Crippen LogP contribution in [0.4, 0.5) is 5.69 Å². The first-order valence-electron chi connectivity index (χ1n) is 18.3. The van der Waals surface area contributed by atoms with Gasteiger partial charge in [0.05, 0.1) is 25.0 Å². The summed E-state index contributed by atoms with van der Waals surface area (Å²) in [6, 6.07) is 11.7. The van der Waals surface area contributed by atoms with Gasteiger partial charge in [-0.25, -0.2) is 0 Å². The first-order valence-corrected chi connectivity index (χ1v) is 21.6. The number of carboxylic acids is 1. The zero-order valence-electron chi connectivity index (χ0n) is 30.6. The van der Waals surface area contributed by atoms with E-state index in [1.165, 1.54) is 11.1 Å². The van der Waals surface area contributed by atoms with Crippen LogP contribution in [0.15, 0.2) is 48.6 Å². The number of aliphatic hydroxyl groups is 1. The van der Waals surface area contributed by atoms with Crippen LogP contribution in [0.2, 0.25) is 23.2 Å². The van der Waals surface area contributed by atoms with Crippen molar-refractivity contribution in [3.8, 4) is 5.75 Å². The number of aliphatic carboxylic acids is 1. The molecule has 1 fully saturated rings. The van der Waals surface area contributed by atoms with Crippen LogP contribution in [-0.2, 0) is 31.3 Å². The summed E-state index contributed by atoms with van der Waals surface area (Å²) in [6.07, 6.45) is 9.73. The molecule has 0 aromatic heterocycles. The molecule has 6 rings (SSSR count). The van der Waals surface area contributed by atoms with Crippen LogP contribution in [0.1, 0.15) is 76.0 Å². The van der Waals surface area contributed by atoms with E-state index in [1.807, 2.05) is 18.2 Å². The molecule has 1 spiro atoms. The summed E-state index contributed by atoms with van der Waals surface area (Å²) in [5.41, 5.74) is 1.67. The van der Waals surface area contributed by atoms with Crippen molar-refractivity contribution in [2.75, 3.05) is 44.8 Å². The minimum atomic E-state index is -2.11. The Morgan fingerprint density at radius 3 is 2.62 bits per heavy atom. The van der Waals surface area contributed by atoms with Crippen molar-refractivity contribution < 1.29 is 29.0 Å². The van der Waals surface area contributed by atoms with Gasteiger partial charge in [-0.15, -0.1) is 0 Å². The highest BCUT2D eigenvalue weighted by Gasteiger charge is 2.48. The zero-order valence-corrected chi connectivity index (χ0v) is 32.4.